The van der Waals surface area contributed by atoms with E-state index in [9.17, 15) is 9.18 Å². The molecule has 0 saturated heterocycles. The zero-order chi connectivity index (χ0) is 13.8. The molecule has 0 fully saturated rings. The summed E-state index contributed by atoms with van der Waals surface area (Å²) in [5.74, 6) is -0.136. The van der Waals surface area contributed by atoms with Crippen molar-refractivity contribution in [2.45, 2.75) is 11.8 Å². The molecule has 2 aromatic rings. The number of Topliss-reactive ketones (excluding diaryl/α,β-unsaturated/α-hetero) is 1. The van der Waals surface area contributed by atoms with Gasteiger partial charge in [-0.25, -0.2) is 4.39 Å². The smallest absolute Gasteiger partial charge is 0.173 e. The molecule has 0 aliphatic rings. The van der Waals surface area contributed by atoms with E-state index in [4.69, 9.17) is 0 Å². The molecular weight excluding hydrogens is 327 g/mol. The molecule has 0 aliphatic carbocycles. The van der Waals surface area contributed by atoms with E-state index < -0.39 is 0 Å². The molecule has 0 aromatic heterocycles. The van der Waals surface area contributed by atoms with Crippen molar-refractivity contribution in [3.8, 4) is 0 Å². The molecule has 98 valence electrons. The summed E-state index contributed by atoms with van der Waals surface area (Å²) >= 11 is 4.88. The maximum absolute atomic E-state index is 13.2. The molecule has 0 spiro atoms. The van der Waals surface area contributed by atoms with Gasteiger partial charge in [0.1, 0.15) is 5.82 Å². The minimum atomic E-state index is -0.366. The lowest BCUT2D eigenvalue weighted by Gasteiger charge is -2.05. The number of carbonyl (C=O) groups excluding carboxylic acids is 1. The summed E-state index contributed by atoms with van der Waals surface area (Å²) in [4.78, 5) is 13.0. The summed E-state index contributed by atoms with van der Waals surface area (Å²) in [5, 5.41) is 0. The number of benzene rings is 2. The van der Waals surface area contributed by atoms with Gasteiger partial charge in [0.25, 0.3) is 0 Å². The fourth-order valence-electron chi connectivity index (χ4n) is 1.69. The van der Waals surface area contributed by atoms with Gasteiger partial charge in [0.2, 0.25) is 0 Å². The van der Waals surface area contributed by atoms with Crippen LogP contribution in [0.5, 0.6) is 0 Å². The number of hydrogen-bond acceptors (Lipinski definition) is 2. The highest BCUT2D eigenvalue weighted by molar-refractivity contribution is 9.10. The highest BCUT2D eigenvalue weighted by Gasteiger charge is 2.09. The molecule has 0 atom stereocenters. The van der Waals surface area contributed by atoms with Crippen molar-refractivity contribution in [3.63, 3.8) is 0 Å². The zero-order valence-electron chi connectivity index (χ0n) is 10.3. The molecule has 0 unspecified atom stereocenters. The summed E-state index contributed by atoms with van der Waals surface area (Å²) in [5.41, 5.74) is 1.19. The lowest BCUT2D eigenvalue weighted by Crippen LogP contribution is -2.03. The third-order valence-corrected chi connectivity index (χ3v) is 4.59. The average Bonchev–Trinajstić information content (AvgIpc) is 2.36. The molecule has 2 aromatic carbocycles. The Hall–Kier alpha value is -1.13. The van der Waals surface area contributed by atoms with Gasteiger partial charge in [-0.15, -0.1) is 11.8 Å². The van der Waals surface area contributed by atoms with Gasteiger partial charge in [0.05, 0.1) is 5.75 Å². The normalized spacial score (nSPS) is 10.5. The van der Waals surface area contributed by atoms with Crippen LogP contribution in [0, 0.1) is 12.7 Å². The largest absolute Gasteiger partial charge is 0.293 e. The summed E-state index contributed by atoms with van der Waals surface area (Å²) in [6.45, 7) is 1.78. The predicted molar refractivity (Wildman–Crippen MR) is 80.3 cm³/mol. The summed E-state index contributed by atoms with van der Waals surface area (Å²) in [7, 11) is 0. The number of hydrogen-bond donors (Lipinski definition) is 0. The van der Waals surface area contributed by atoms with Crippen LogP contribution in [-0.2, 0) is 0 Å². The SMILES string of the molecule is Cc1cc(F)cc(C(=O)CSc2ccccc2Br)c1. The Morgan fingerprint density at radius 3 is 2.68 bits per heavy atom. The van der Waals surface area contributed by atoms with Gasteiger partial charge in [-0.3, -0.25) is 4.79 Å². The average molecular weight is 339 g/mol. The van der Waals surface area contributed by atoms with Crippen molar-refractivity contribution in [1.29, 1.82) is 0 Å². The van der Waals surface area contributed by atoms with E-state index in [1.54, 1.807) is 13.0 Å². The first-order chi connectivity index (χ1) is 9.06. The Kier molecular flexibility index (Phi) is 4.77. The maximum Gasteiger partial charge on any atom is 0.173 e. The third kappa shape index (κ3) is 3.91. The molecule has 0 bridgehead atoms. The van der Waals surface area contributed by atoms with Crippen LogP contribution in [0.25, 0.3) is 0 Å². The molecular formula is C15H12BrFOS. The Bertz CT molecular complexity index is 593. The fraction of sp³-hybridized carbons (Fsp3) is 0.133. The van der Waals surface area contributed by atoms with E-state index >= 15 is 0 Å². The van der Waals surface area contributed by atoms with Gasteiger partial charge in [-0.1, -0.05) is 12.1 Å². The van der Waals surface area contributed by atoms with Crippen LogP contribution in [0.3, 0.4) is 0 Å². The monoisotopic (exact) mass is 338 g/mol. The van der Waals surface area contributed by atoms with Crippen LogP contribution in [0.4, 0.5) is 4.39 Å². The molecule has 0 saturated carbocycles. The zero-order valence-corrected chi connectivity index (χ0v) is 12.7. The molecule has 4 heteroatoms. The van der Waals surface area contributed by atoms with Crippen molar-refractivity contribution in [1.82, 2.24) is 0 Å². The summed E-state index contributed by atoms with van der Waals surface area (Å²) in [6.07, 6.45) is 0. The molecule has 1 nitrogen and oxygen atoms in total. The highest BCUT2D eigenvalue weighted by atomic mass is 79.9. The van der Waals surface area contributed by atoms with Gasteiger partial charge in [-0.2, -0.15) is 0 Å². The van der Waals surface area contributed by atoms with Gasteiger partial charge in [0.15, 0.2) is 5.78 Å². The summed E-state index contributed by atoms with van der Waals surface area (Å²) < 4.78 is 14.2. The standard InChI is InChI=1S/C15H12BrFOS/c1-10-6-11(8-12(17)7-10)14(18)9-19-15-5-3-2-4-13(15)16/h2-8H,9H2,1H3. The molecule has 2 rings (SSSR count). The number of aryl methyl sites for hydroxylation is 1. The fourth-order valence-corrected chi connectivity index (χ4v) is 3.15. The van der Waals surface area contributed by atoms with Gasteiger partial charge in [-0.05, 0) is 58.7 Å². The van der Waals surface area contributed by atoms with E-state index in [2.05, 4.69) is 15.9 Å². The van der Waals surface area contributed by atoms with Crippen molar-refractivity contribution in [2.75, 3.05) is 5.75 Å². The maximum atomic E-state index is 13.2. The van der Waals surface area contributed by atoms with Crippen molar-refractivity contribution >= 4 is 33.5 Å². The second-order valence-corrected chi connectivity index (χ2v) is 6.03. The Morgan fingerprint density at radius 1 is 1.26 bits per heavy atom. The molecule has 0 amide bonds. The molecule has 0 aliphatic heterocycles. The third-order valence-electron chi connectivity index (χ3n) is 2.56. The first-order valence-corrected chi connectivity index (χ1v) is 7.52. The quantitative estimate of drug-likeness (QED) is 0.584. The van der Waals surface area contributed by atoms with Crippen LogP contribution < -0.4 is 0 Å². The van der Waals surface area contributed by atoms with Gasteiger partial charge >= 0.3 is 0 Å². The number of thioether (sulfide) groups is 1. The van der Waals surface area contributed by atoms with Crippen LogP contribution in [0.1, 0.15) is 15.9 Å². The van der Waals surface area contributed by atoms with Gasteiger partial charge < -0.3 is 0 Å². The van der Waals surface area contributed by atoms with E-state index in [-0.39, 0.29) is 11.6 Å². The Balaban J connectivity index is 2.08. The minimum absolute atomic E-state index is 0.0663. The Morgan fingerprint density at radius 2 is 2.00 bits per heavy atom. The van der Waals surface area contributed by atoms with E-state index in [1.807, 2.05) is 24.3 Å². The predicted octanol–water partition coefficient (Wildman–Crippen LogP) is 4.87. The van der Waals surface area contributed by atoms with E-state index in [1.165, 1.54) is 23.9 Å². The van der Waals surface area contributed by atoms with Crippen LogP contribution >= 0.6 is 27.7 Å². The number of carbonyl (C=O) groups is 1. The van der Waals surface area contributed by atoms with Gasteiger partial charge in [0, 0.05) is 14.9 Å². The van der Waals surface area contributed by atoms with E-state index in [0.29, 0.717) is 11.3 Å². The lowest BCUT2D eigenvalue weighted by atomic mass is 10.1. The molecule has 0 heterocycles. The second-order valence-electron chi connectivity index (χ2n) is 4.16. The first kappa shape index (κ1) is 14.3. The highest BCUT2D eigenvalue weighted by Crippen LogP contribution is 2.27. The van der Waals surface area contributed by atoms with Crippen molar-refractivity contribution in [3.05, 3.63) is 63.9 Å². The number of rotatable bonds is 4. The lowest BCUT2D eigenvalue weighted by molar-refractivity contribution is 0.102. The molecule has 0 N–H and O–H groups in total. The topological polar surface area (TPSA) is 17.1 Å². The van der Waals surface area contributed by atoms with Crippen molar-refractivity contribution in [2.24, 2.45) is 0 Å². The summed E-state index contributed by atoms with van der Waals surface area (Å²) in [6, 6.07) is 12.1. The molecule has 0 radical (unpaired) electrons. The Labute approximate surface area is 124 Å². The van der Waals surface area contributed by atoms with Crippen LogP contribution in [-0.4, -0.2) is 11.5 Å². The van der Waals surface area contributed by atoms with Crippen molar-refractivity contribution < 1.29 is 9.18 Å². The first-order valence-electron chi connectivity index (χ1n) is 5.74. The second kappa shape index (κ2) is 6.35. The number of halogens is 2. The van der Waals surface area contributed by atoms with Crippen LogP contribution in [0.2, 0.25) is 0 Å². The number of ketones is 1. The van der Waals surface area contributed by atoms with E-state index in [0.717, 1.165) is 14.9 Å². The minimum Gasteiger partial charge on any atom is -0.293 e. The van der Waals surface area contributed by atoms with Crippen LogP contribution in [0.15, 0.2) is 51.8 Å². The molecule has 19 heavy (non-hydrogen) atoms.